The van der Waals surface area contributed by atoms with Gasteiger partial charge in [0.15, 0.2) is 6.61 Å². The fraction of sp³-hybridized carbons (Fsp3) is 0.467. The van der Waals surface area contributed by atoms with E-state index in [-0.39, 0.29) is 42.0 Å². The third kappa shape index (κ3) is 9.34. The van der Waals surface area contributed by atoms with E-state index in [9.17, 15) is 34.8 Å². The minimum atomic E-state index is -4.65. The highest BCUT2D eigenvalue weighted by molar-refractivity contribution is 7.91. The Labute approximate surface area is 282 Å². The summed E-state index contributed by atoms with van der Waals surface area (Å²) in [7, 11) is -4.17. The highest BCUT2D eigenvalue weighted by Gasteiger charge is 2.55. The standard InChI is InChI=1S/C30H37F3N8O6S2/c1-20-4-10-24(11-5-20)48(43,44)38-23-12-16-41(17-13-23)27-35-26(36-28(37-27)47-19-30(31,32)33)34-22-8-6-21(7-9-22)25(42)39-49(45,46)29(14-15-29)18-40(2)3/h4-11,23,38H,12-19H2,1-3H3,(H,39,42)(H,34,35,36,37). The van der Waals surface area contributed by atoms with Crippen molar-refractivity contribution in [2.45, 2.75) is 54.5 Å². The molecule has 19 heteroatoms. The second-order valence-electron chi connectivity index (χ2n) is 12.4. The van der Waals surface area contributed by atoms with Crippen molar-refractivity contribution < 1.29 is 39.5 Å². The van der Waals surface area contributed by atoms with Crippen LogP contribution in [0.2, 0.25) is 0 Å². The maximum absolute atomic E-state index is 12.9. The molecule has 0 unspecified atom stereocenters. The lowest BCUT2D eigenvalue weighted by atomic mass is 10.1. The van der Waals surface area contributed by atoms with Gasteiger partial charge in [-0.1, -0.05) is 17.7 Å². The molecule has 49 heavy (non-hydrogen) atoms. The number of carbonyl (C=O) groups excluding carboxylic acids is 1. The van der Waals surface area contributed by atoms with Crippen molar-refractivity contribution in [1.29, 1.82) is 0 Å². The summed E-state index contributed by atoms with van der Waals surface area (Å²) in [4.78, 5) is 28.7. The maximum Gasteiger partial charge on any atom is 0.422 e. The normalized spacial score (nSPS) is 16.8. The van der Waals surface area contributed by atoms with E-state index in [0.717, 1.165) is 5.56 Å². The third-order valence-electron chi connectivity index (χ3n) is 8.01. The van der Waals surface area contributed by atoms with E-state index in [1.165, 1.54) is 36.4 Å². The summed E-state index contributed by atoms with van der Waals surface area (Å²) in [5, 5.41) is 2.86. The molecular weight excluding hydrogens is 690 g/mol. The van der Waals surface area contributed by atoms with Gasteiger partial charge in [0.1, 0.15) is 4.75 Å². The number of piperidine rings is 1. The molecule has 0 atom stereocenters. The molecule has 1 saturated carbocycles. The van der Waals surface area contributed by atoms with E-state index < -0.39 is 55.5 Å². The fourth-order valence-corrected chi connectivity index (χ4v) is 8.26. The van der Waals surface area contributed by atoms with Crippen molar-refractivity contribution in [3.8, 4) is 6.01 Å². The minimum Gasteiger partial charge on any atom is -0.454 e. The van der Waals surface area contributed by atoms with Gasteiger partial charge >= 0.3 is 12.2 Å². The zero-order chi connectivity index (χ0) is 35.6. The summed E-state index contributed by atoms with van der Waals surface area (Å²) in [6.07, 6.45) is -3.02. The zero-order valence-corrected chi connectivity index (χ0v) is 28.6. The van der Waals surface area contributed by atoms with Gasteiger partial charge in [0.2, 0.25) is 31.9 Å². The number of benzene rings is 2. The minimum absolute atomic E-state index is 0.0162. The number of aryl methyl sites for hydroxylation is 1. The zero-order valence-electron chi connectivity index (χ0n) is 27.0. The van der Waals surface area contributed by atoms with Gasteiger partial charge in [-0.05, 0) is 83.1 Å². The Morgan fingerprint density at radius 3 is 2.18 bits per heavy atom. The molecule has 2 aliphatic rings. The molecule has 0 bridgehead atoms. The van der Waals surface area contributed by atoms with Crippen LogP contribution in [0.4, 0.5) is 30.8 Å². The number of amides is 1. The first-order valence-electron chi connectivity index (χ1n) is 15.3. The Balaban J connectivity index is 1.26. The molecule has 1 aliphatic heterocycles. The summed E-state index contributed by atoms with van der Waals surface area (Å²) >= 11 is 0. The Hall–Kier alpha value is -4.07. The van der Waals surface area contributed by atoms with Crippen molar-refractivity contribution in [2.24, 2.45) is 0 Å². The molecule has 1 saturated heterocycles. The van der Waals surface area contributed by atoms with Gasteiger partial charge in [0, 0.05) is 36.9 Å². The van der Waals surface area contributed by atoms with Gasteiger partial charge < -0.3 is 19.9 Å². The number of halogens is 3. The molecule has 0 radical (unpaired) electrons. The molecule has 2 aromatic carbocycles. The van der Waals surface area contributed by atoms with Crippen LogP contribution in [-0.2, 0) is 20.0 Å². The van der Waals surface area contributed by atoms with E-state index in [4.69, 9.17) is 4.74 Å². The van der Waals surface area contributed by atoms with Crippen molar-refractivity contribution in [1.82, 2.24) is 29.3 Å². The van der Waals surface area contributed by atoms with E-state index in [0.29, 0.717) is 31.4 Å². The quantitative estimate of drug-likeness (QED) is 0.235. The van der Waals surface area contributed by atoms with Gasteiger partial charge in [-0.25, -0.2) is 26.3 Å². The van der Waals surface area contributed by atoms with Crippen molar-refractivity contribution >= 4 is 43.5 Å². The number of alkyl halides is 3. The van der Waals surface area contributed by atoms with E-state index in [2.05, 4.69) is 29.7 Å². The van der Waals surface area contributed by atoms with Crippen molar-refractivity contribution in [3.05, 3.63) is 59.7 Å². The van der Waals surface area contributed by atoms with Crippen LogP contribution in [0.3, 0.4) is 0 Å². The van der Waals surface area contributed by atoms with E-state index >= 15 is 0 Å². The number of carbonyl (C=O) groups is 1. The van der Waals surface area contributed by atoms with Gasteiger partial charge in [0.25, 0.3) is 5.91 Å². The van der Waals surface area contributed by atoms with Crippen molar-refractivity contribution in [2.75, 3.05) is 50.6 Å². The Morgan fingerprint density at radius 1 is 0.980 bits per heavy atom. The third-order valence-corrected chi connectivity index (χ3v) is 11.7. The highest BCUT2D eigenvalue weighted by Crippen LogP contribution is 2.43. The van der Waals surface area contributed by atoms with Crippen LogP contribution < -0.4 is 24.4 Å². The molecule has 1 aromatic heterocycles. The lowest BCUT2D eigenvalue weighted by molar-refractivity contribution is -0.154. The van der Waals surface area contributed by atoms with Gasteiger partial charge in [-0.2, -0.15) is 28.1 Å². The summed E-state index contributed by atoms with van der Waals surface area (Å²) < 4.78 is 99.0. The topological polar surface area (TPSA) is 176 Å². The summed E-state index contributed by atoms with van der Waals surface area (Å²) in [6.45, 7) is 1.07. The lowest BCUT2D eigenvalue weighted by Crippen LogP contribution is -2.45. The van der Waals surface area contributed by atoms with Gasteiger partial charge in [-0.15, -0.1) is 0 Å². The van der Waals surface area contributed by atoms with Gasteiger partial charge in [-0.3, -0.25) is 4.79 Å². The predicted molar refractivity (Wildman–Crippen MR) is 175 cm³/mol. The van der Waals surface area contributed by atoms with Crippen LogP contribution >= 0.6 is 0 Å². The molecule has 0 spiro atoms. The lowest BCUT2D eigenvalue weighted by Gasteiger charge is -2.32. The van der Waals surface area contributed by atoms with Crippen LogP contribution in [-0.4, -0.2) is 99.9 Å². The first-order chi connectivity index (χ1) is 22.9. The summed E-state index contributed by atoms with van der Waals surface area (Å²) in [5.41, 5.74) is 1.34. The van der Waals surface area contributed by atoms with E-state index in [1.807, 2.05) is 6.92 Å². The number of rotatable bonds is 13. The number of ether oxygens (including phenoxy) is 1. The SMILES string of the molecule is Cc1ccc(S(=O)(=O)NC2CCN(c3nc(Nc4ccc(C(=O)NS(=O)(=O)C5(CN(C)C)CC5)cc4)nc(OCC(F)(F)F)n3)CC2)cc1. The number of anilines is 3. The number of aromatic nitrogens is 3. The molecule has 14 nitrogen and oxygen atoms in total. The Kier molecular flexibility index (Phi) is 10.4. The number of nitrogens with zero attached hydrogens (tertiary/aromatic N) is 5. The van der Waals surface area contributed by atoms with Crippen LogP contribution in [0.1, 0.15) is 41.6 Å². The highest BCUT2D eigenvalue weighted by atomic mass is 32.2. The fourth-order valence-electron chi connectivity index (χ4n) is 5.31. The molecule has 2 heterocycles. The molecular formula is C30H37F3N8O6S2. The molecule has 5 rings (SSSR count). The molecule has 1 amide bonds. The second-order valence-corrected chi connectivity index (χ2v) is 16.2. The molecule has 2 fully saturated rings. The molecule has 1 aliphatic carbocycles. The smallest absolute Gasteiger partial charge is 0.422 e. The summed E-state index contributed by atoms with van der Waals surface area (Å²) in [6, 6.07) is 11.2. The van der Waals surface area contributed by atoms with Crippen LogP contribution in [0.15, 0.2) is 53.4 Å². The van der Waals surface area contributed by atoms with Crippen LogP contribution in [0.25, 0.3) is 0 Å². The summed E-state index contributed by atoms with van der Waals surface area (Å²) in [5.74, 6) is -0.933. The largest absolute Gasteiger partial charge is 0.454 e. The number of sulfonamides is 2. The van der Waals surface area contributed by atoms with Gasteiger partial charge in [0.05, 0.1) is 4.90 Å². The average molecular weight is 727 g/mol. The predicted octanol–water partition coefficient (Wildman–Crippen LogP) is 2.97. The molecule has 3 aromatic rings. The molecule has 3 N–H and O–H groups in total. The van der Waals surface area contributed by atoms with Crippen LogP contribution in [0, 0.1) is 6.92 Å². The maximum atomic E-state index is 12.9. The number of nitrogens with one attached hydrogen (secondary N) is 3. The number of hydrogen-bond acceptors (Lipinski definition) is 12. The second kappa shape index (κ2) is 14.0. The molecule has 266 valence electrons. The average Bonchev–Trinajstić information content (AvgIpc) is 3.81. The monoisotopic (exact) mass is 726 g/mol. The van der Waals surface area contributed by atoms with E-state index in [1.54, 1.807) is 36.0 Å². The first kappa shape index (κ1) is 36.2. The first-order valence-corrected chi connectivity index (χ1v) is 18.3. The number of hydrogen-bond donors (Lipinski definition) is 3. The Bertz CT molecular complexity index is 1860. The van der Waals surface area contributed by atoms with Crippen molar-refractivity contribution in [3.63, 3.8) is 0 Å². The van der Waals surface area contributed by atoms with Crippen LogP contribution in [0.5, 0.6) is 6.01 Å². The Morgan fingerprint density at radius 2 is 1.61 bits per heavy atom.